The number of hydrogen-bond acceptors (Lipinski definition) is 5. The molecule has 5 rings (SSSR count). The minimum atomic E-state index is 0.513. The molecule has 0 radical (unpaired) electrons. The molecule has 0 bridgehead atoms. The third kappa shape index (κ3) is 21.8. The zero-order chi connectivity index (χ0) is 24.7. The van der Waals surface area contributed by atoms with Crippen molar-refractivity contribution in [3.63, 3.8) is 0 Å². The molecule has 5 fully saturated rings. The smallest absolute Gasteiger partial charge is 0.0550 e. The van der Waals surface area contributed by atoms with Crippen LogP contribution in [-0.4, -0.2) is 60.5 Å². The molecule has 34 heavy (non-hydrogen) atoms. The number of ether oxygens (including phenoxy) is 2. The molecule has 5 aliphatic heterocycles. The van der Waals surface area contributed by atoms with E-state index in [1.165, 1.54) is 121 Å². The third-order valence-electron chi connectivity index (χ3n) is 6.73. The summed E-state index contributed by atoms with van der Waals surface area (Å²) in [5.74, 6) is 2.83. The SMILES string of the molecule is C1CCNCC1.C1CCOCC1.C1CCSCC1.C[C@@H]1CCC[C@H](C)O1.C[C@@H]1CCC[C@H](C)S1. The van der Waals surface area contributed by atoms with Crippen molar-refractivity contribution in [1.82, 2.24) is 5.32 Å². The van der Waals surface area contributed by atoms with Gasteiger partial charge >= 0.3 is 0 Å². The number of hydrogen-bond donors (Lipinski definition) is 1. The van der Waals surface area contributed by atoms with Gasteiger partial charge in [-0.25, -0.2) is 0 Å². The van der Waals surface area contributed by atoms with Crippen LogP contribution in [-0.2, 0) is 9.47 Å². The van der Waals surface area contributed by atoms with E-state index in [4.69, 9.17) is 9.47 Å². The van der Waals surface area contributed by atoms with Crippen molar-refractivity contribution in [3.05, 3.63) is 0 Å². The molecular formula is C29H59NO2S2. The highest BCUT2D eigenvalue weighted by atomic mass is 32.2. The van der Waals surface area contributed by atoms with E-state index >= 15 is 0 Å². The summed E-state index contributed by atoms with van der Waals surface area (Å²) in [6.07, 6.45) is 21.8. The molecule has 5 saturated heterocycles. The molecule has 0 amide bonds. The molecule has 1 N–H and O–H groups in total. The van der Waals surface area contributed by atoms with Gasteiger partial charge in [0, 0.05) is 23.7 Å². The van der Waals surface area contributed by atoms with Crippen molar-refractivity contribution in [3.8, 4) is 0 Å². The predicted molar refractivity (Wildman–Crippen MR) is 157 cm³/mol. The monoisotopic (exact) mass is 517 g/mol. The molecule has 0 aromatic rings. The van der Waals surface area contributed by atoms with Gasteiger partial charge < -0.3 is 14.8 Å². The molecule has 0 spiro atoms. The summed E-state index contributed by atoms with van der Waals surface area (Å²) in [5, 5.41) is 5.14. The summed E-state index contributed by atoms with van der Waals surface area (Å²) in [5.41, 5.74) is 0. The van der Waals surface area contributed by atoms with E-state index in [0.29, 0.717) is 12.2 Å². The zero-order valence-electron chi connectivity index (χ0n) is 23.3. The van der Waals surface area contributed by atoms with Gasteiger partial charge in [0.1, 0.15) is 0 Å². The normalized spacial score (nSPS) is 31.4. The lowest BCUT2D eigenvalue weighted by Crippen LogP contribution is -2.22. The molecule has 204 valence electrons. The van der Waals surface area contributed by atoms with Crippen LogP contribution in [0.1, 0.15) is 124 Å². The minimum Gasteiger partial charge on any atom is -0.381 e. The first-order valence-electron chi connectivity index (χ1n) is 14.7. The van der Waals surface area contributed by atoms with E-state index in [9.17, 15) is 0 Å². The zero-order valence-corrected chi connectivity index (χ0v) is 24.9. The fraction of sp³-hybridized carbons (Fsp3) is 1.00. The summed E-state index contributed by atoms with van der Waals surface area (Å²) in [4.78, 5) is 0. The first-order valence-corrected chi connectivity index (χ1v) is 16.8. The minimum absolute atomic E-state index is 0.513. The number of piperidine rings is 1. The van der Waals surface area contributed by atoms with Crippen LogP contribution in [0.2, 0.25) is 0 Å². The van der Waals surface area contributed by atoms with Gasteiger partial charge in [-0.1, -0.05) is 33.1 Å². The molecule has 0 aromatic heterocycles. The van der Waals surface area contributed by atoms with E-state index in [0.717, 1.165) is 23.7 Å². The van der Waals surface area contributed by atoms with Gasteiger partial charge in [-0.15, -0.1) is 0 Å². The van der Waals surface area contributed by atoms with Crippen LogP contribution in [0.5, 0.6) is 0 Å². The molecule has 4 atom stereocenters. The van der Waals surface area contributed by atoms with Crippen molar-refractivity contribution >= 4 is 23.5 Å². The number of rotatable bonds is 0. The Labute approximate surface area is 222 Å². The van der Waals surface area contributed by atoms with E-state index < -0.39 is 0 Å². The van der Waals surface area contributed by atoms with Crippen molar-refractivity contribution < 1.29 is 9.47 Å². The average molecular weight is 518 g/mol. The Morgan fingerprint density at radius 2 is 1.06 bits per heavy atom. The Morgan fingerprint density at radius 3 is 1.26 bits per heavy atom. The first-order chi connectivity index (χ1) is 16.6. The van der Waals surface area contributed by atoms with Gasteiger partial charge in [0.25, 0.3) is 0 Å². The largest absolute Gasteiger partial charge is 0.381 e. The summed E-state index contributed by atoms with van der Waals surface area (Å²) < 4.78 is 10.6. The fourth-order valence-corrected chi connectivity index (χ4v) is 7.05. The highest BCUT2D eigenvalue weighted by Crippen LogP contribution is 2.30. The van der Waals surface area contributed by atoms with Crippen LogP contribution >= 0.6 is 23.5 Å². The van der Waals surface area contributed by atoms with Gasteiger partial charge in [0.2, 0.25) is 0 Å². The lowest BCUT2D eigenvalue weighted by Gasteiger charge is -2.24. The van der Waals surface area contributed by atoms with Crippen LogP contribution in [0.4, 0.5) is 0 Å². The van der Waals surface area contributed by atoms with Crippen LogP contribution in [0.3, 0.4) is 0 Å². The van der Waals surface area contributed by atoms with Gasteiger partial charge in [-0.3, -0.25) is 0 Å². The van der Waals surface area contributed by atoms with Crippen LogP contribution in [0.25, 0.3) is 0 Å². The maximum absolute atomic E-state index is 5.49. The highest BCUT2D eigenvalue weighted by molar-refractivity contribution is 8.00. The van der Waals surface area contributed by atoms with E-state index in [1.807, 2.05) is 0 Å². The summed E-state index contributed by atoms with van der Waals surface area (Å²) in [7, 11) is 0. The highest BCUT2D eigenvalue weighted by Gasteiger charge is 2.14. The lowest BCUT2D eigenvalue weighted by molar-refractivity contribution is -0.0292. The fourth-order valence-electron chi connectivity index (χ4n) is 4.63. The van der Waals surface area contributed by atoms with E-state index in [1.54, 1.807) is 0 Å². The topological polar surface area (TPSA) is 30.5 Å². The second-order valence-electron chi connectivity index (χ2n) is 10.5. The summed E-state index contributed by atoms with van der Waals surface area (Å²) >= 11 is 4.24. The molecule has 0 unspecified atom stereocenters. The molecule has 0 saturated carbocycles. The summed E-state index contributed by atoms with van der Waals surface area (Å²) in [6.45, 7) is 13.5. The Hall–Kier alpha value is 0.580. The first kappa shape index (κ1) is 32.6. The second-order valence-corrected chi connectivity index (χ2v) is 13.6. The van der Waals surface area contributed by atoms with Crippen molar-refractivity contribution in [2.24, 2.45) is 0 Å². The van der Waals surface area contributed by atoms with Gasteiger partial charge in [0.05, 0.1) is 12.2 Å². The summed E-state index contributed by atoms with van der Waals surface area (Å²) in [6, 6.07) is 0. The maximum atomic E-state index is 5.49. The van der Waals surface area contributed by atoms with Crippen LogP contribution < -0.4 is 5.32 Å². The molecule has 0 aromatic carbocycles. The maximum Gasteiger partial charge on any atom is 0.0550 e. The van der Waals surface area contributed by atoms with Crippen molar-refractivity contribution in [1.29, 1.82) is 0 Å². The standard InChI is InChI=1S/C7H14O.C7H14S.C5H11N.C5H10O.C5H10S/c2*1-6-4-3-5-7(2)8-6;3*1-2-4-6-5-3-1/h2*6-7H,3-5H2,1-2H3;6H,1-5H2;2*1-5H2/t2*6-,7+;;;. The molecule has 5 heterocycles. The predicted octanol–water partition coefficient (Wildman–Crippen LogP) is 8.49. The molecule has 5 aliphatic rings. The molecule has 5 heteroatoms. The molecule has 0 aliphatic carbocycles. The Bertz CT molecular complexity index is 316. The Kier molecular flexibility index (Phi) is 23.0. The van der Waals surface area contributed by atoms with E-state index in [2.05, 4.69) is 56.5 Å². The second kappa shape index (κ2) is 23.9. The van der Waals surface area contributed by atoms with Crippen LogP contribution in [0, 0.1) is 0 Å². The average Bonchev–Trinajstić information content (AvgIpc) is 2.88. The van der Waals surface area contributed by atoms with Gasteiger partial charge in [-0.2, -0.15) is 23.5 Å². The Morgan fingerprint density at radius 1 is 0.559 bits per heavy atom. The Balaban J connectivity index is 0.000000214. The number of thioether (sulfide) groups is 2. The van der Waals surface area contributed by atoms with E-state index in [-0.39, 0.29) is 0 Å². The van der Waals surface area contributed by atoms with Crippen molar-refractivity contribution in [2.45, 2.75) is 147 Å². The van der Waals surface area contributed by atoms with Crippen LogP contribution in [0.15, 0.2) is 0 Å². The quantitative estimate of drug-likeness (QED) is 0.348. The third-order valence-corrected chi connectivity index (χ3v) is 9.29. The molecule has 3 nitrogen and oxygen atoms in total. The lowest BCUT2D eigenvalue weighted by atomic mass is 10.1. The number of nitrogens with one attached hydrogen (secondary N) is 1. The molecular weight excluding hydrogens is 458 g/mol. The van der Waals surface area contributed by atoms with Crippen molar-refractivity contribution in [2.75, 3.05) is 37.8 Å². The van der Waals surface area contributed by atoms with Gasteiger partial charge in [-0.05, 0) is 115 Å². The van der Waals surface area contributed by atoms with Gasteiger partial charge in [0.15, 0.2) is 0 Å².